The van der Waals surface area contributed by atoms with Crippen LogP contribution in [0.4, 0.5) is 5.69 Å². The molecule has 0 spiro atoms. The monoisotopic (exact) mass is 177 g/mol. The van der Waals surface area contributed by atoms with E-state index in [1.165, 1.54) is 5.56 Å². The summed E-state index contributed by atoms with van der Waals surface area (Å²) in [5, 5.41) is 9.66. The number of aliphatic hydroxyl groups excluding tert-OH is 1. The lowest BCUT2D eigenvalue weighted by molar-refractivity contribution is 0.185. The number of aryl methyl sites for hydroxylation is 1. The van der Waals surface area contributed by atoms with Crippen LogP contribution < -0.4 is 4.90 Å². The van der Waals surface area contributed by atoms with E-state index in [0.717, 1.165) is 25.1 Å². The van der Waals surface area contributed by atoms with Crippen molar-refractivity contribution in [1.82, 2.24) is 0 Å². The molecule has 2 rings (SSSR count). The van der Waals surface area contributed by atoms with Crippen molar-refractivity contribution in [1.29, 1.82) is 0 Å². The van der Waals surface area contributed by atoms with Gasteiger partial charge in [0, 0.05) is 12.2 Å². The fraction of sp³-hybridized carbons (Fsp3) is 0.455. The summed E-state index contributed by atoms with van der Waals surface area (Å²) in [5.41, 5.74) is 2.39. The number of hydrogen-bond donors (Lipinski definition) is 1. The van der Waals surface area contributed by atoms with Crippen LogP contribution in [0.5, 0.6) is 0 Å². The molecule has 1 aliphatic rings. The van der Waals surface area contributed by atoms with Crippen LogP contribution >= 0.6 is 0 Å². The summed E-state index contributed by atoms with van der Waals surface area (Å²) in [6.07, 6.45) is 1.71. The SMILES string of the molecule is Cc1cccc(N2CCC[C@H]2O)c1. The molecule has 1 fully saturated rings. The topological polar surface area (TPSA) is 23.5 Å². The highest BCUT2D eigenvalue weighted by Gasteiger charge is 2.21. The second-order valence-electron chi connectivity index (χ2n) is 3.66. The predicted molar refractivity (Wildman–Crippen MR) is 53.8 cm³/mol. The van der Waals surface area contributed by atoms with E-state index in [4.69, 9.17) is 0 Å². The van der Waals surface area contributed by atoms with Crippen molar-refractivity contribution in [3.05, 3.63) is 29.8 Å². The van der Waals surface area contributed by atoms with E-state index in [1.807, 2.05) is 6.07 Å². The van der Waals surface area contributed by atoms with E-state index in [9.17, 15) is 5.11 Å². The zero-order chi connectivity index (χ0) is 9.26. The maximum atomic E-state index is 9.66. The summed E-state index contributed by atoms with van der Waals surface area (Å²) >= 11 is 0. The van der Waals surface area contributed by atoms with Crippen LogP contribution in [0, 0.1) is 6.92 Å². The highest BCUT2D eigenvalue weighted by atomic mass is 16.3. The van der Waals surface area contributed by atoms with E-state index < -0.39 is 0 Å². The number of hydrogen-bond acceptors (Lipinski definition) is 2. The molecule has 0 aliphatic carbocycles. The van der Waals surface area contributed by atoms with Crippen molar-refractivity contribution >= 4 is 5.69 Å². The first-order valence-electron chi connectivity index (χ1n) is 4.79. The standard InChI is InChI=1S/C11H15NO/c1-9-4-2-5-10(8-9)12-7-3-6-11(12)13/h2,4-5,8,11,13H,3,6-7H2,1H3/t11-/m1/s1. The molecule has 2 heteroatoms. The van der Waals surface area contributed by atoms with Gasteiger partial charge >= 0.3 is 0 Å². The molecule has 0 unspecified atom stereocenters. The van der Waals surface area contributed by atoms with E-state index >= 15 is 0 Å². The van der Waals surface area contributed by atoms with Gasteiger partial charge in [0.05, 0.1) is 0 Å². The van der Waals surface area contributed by atoms with Crippen LogP contribution in [0.2, 0.25) is 0 Å². The average Bonchev–Trinajstić information content (AvgIpc) is 2.51. The minimum atomic E-state index is -0.276. The molecule has 1 N–H and O–H groups in total. The molecule has 1 saturated heterocycles. The van der Waals surface area contributed by atoms with Crippen LogP contribution in [-0.2, 0) is 0 Å². The first kappa shape index (κ1) is 8.57. The Morgan fingerprint density at radius 3 is 2.92 bits per heavy atom. The van der Waals surface area contributed by atoms with Gasteiger partial charge < -0.3 is 10.0 Å². The molecule has 1 heterocycles. The Bertz CT molecular complexity index is 298. The van der Waals surface area contributed by atoms with E-state index in [-0.39, 0.29) is 6.23 Å². The number of anilines is 1. The van der Waals surface area contributed by atoms with Crippen LogP contribution in [0.25, 0.3) is 0 Å². The normalized spacial score (nSPS) is 22.3. The molecular formula is C11H15NO. The lowest BCUT2D eigenvalue weighted by Crippen LogP contribution is -2.28. The Hall–Kier alpha value is -1.02. The number of rotatable bonds is 1. The lowest BCUT2D eigenvalue weighted by Gasteiger charge is -2.22. The van der Waals surface area contributed by atoms with Crippen LogP contribution in [-0.4, -0.2) is 17.9 Å². The Morgan fingerprint density at radius 2 is 2.31 bits per heavy atom. The summed E-state index contributed by atoms with van der Waals surface area (Å²) in [7, 11) is 0. The highest BCUT2D eigenvalue weighted by Crippen LogP contribution is 2.24. The van der Waals surface area contributed by atoms with Crippen molar-refractivity contribution in [2.24, 2.45) is 0 Å². The van der Waals surface area contributed by atoms with Crippen molar-refractivity contribution in [3.63, 3.8) is 0 Å². The van der Waals surface area contributed by atoms with Gasteiger partial charge in [-0.05, 0) is 37.5 Å². The molecule has 13 heavy (non-hydrogen) atoms. The molecule has 1 aromatic carbocycles. The molecule has 0 bridgehead atoms. The van der Waals surface area contributed by atoms with Crippen molar-refractivity contribution in [2.45, 2.75) is 26.0 Å². The summed E-state index contributed by atoms with van der Waals surface area (Å²) in [5.74, 6) is 0. The summed E-state index contributed by atoms with van der Waals surface area (Å²) < 4.78 is 0. The van der Waals surface area contributed by atoms with Gasteiger partial charge in [-0.1, -0.05) is 12.1 Å². The largest absolute Gasteiger partial charge is 0.374 e. The maximum Gasteiger partial charge on any atom is 0.126 e. The van der Waals surface area contributed by atoms with Gasteiger partial charge in [-0.3, -0.25) is 0 Å². The predicted octanol–water partition coefficient (Wildman–Crippen LogP) is 1.91. The zero-order valence-electron chi connectivity index (χ0n) is 7.90. The second kappa shape index (κ2) is 3.38. The second-order valence-corrected chi connectivity index (χ2v) is 3.66. The molecule has 1 atom stereocenters. The van der Waals surface area contributed by atoms with Gasteiger partial charge in [-0.15, -0.1) is 0 Å². The molecule has 70 valence electrons. The lowest BCUT2D eigenvalue weighted by atomic mass is 10.2. The van der Waals surface area contributed by atoms with E-state index in [2.05, 4.69) is 30.0 Å². The Morgan fingerprint density at radius 1 is 1.46 bits per heavy atom. The summed E-state index contributed by atoms with van der Waals surface area (Å²) in [4.78, 5) is 2.06. The highest BCUT2D eigenvalue weighted by molar-refractivity contribution is 5.49. The maximum absolute atomic E-state index is 9.66. The summed E-state index contributed by atoms with van der Waals surface area (Å²) in [6.45, 7) is 3.05. The van der Waals surface area contributed by atoms with Crippen LogP contribution in [0.3, 0.4) is 0 Å². The molecule has 0 saturated carbocycles. The fourth-order valence-corrected chi connectivity index (χ4v) is 1.86. The quantitative estimate of drug-likeness (QED) is 0.708. The number of aliphatic hydroxyl groups is 1. The van der Waals surface area contributed by atoms with E-state index in [0.29, 0.717) is 0 Å². The smallest absolute Gasteiger partial charge is 0.126 e. The third-order valence-electron chi connectivity index (χ3n) is 2.55. The van der Waals surface area contributed by atoms with Crippen molar-refractivity contribution in [2.75, 3.05) is 11.4 Å². The molecule has 1 aliphatic heterocycles. The first-order chi connectivity index (χ1) is 6.27. The fourth-order valence-electron chi connectivity index (χ4n) is 1.86. The Balaban J connectivity index is 2.24. The van der Waals surface area contributed by atoms with Crippen molar-refractivity contribution < 1.29 is 5.11 Å². The van der Waals surface area contributed by atoms with Gasteiger partial charge in [0.25, 0.3) is 0 Å². The minimum absolute atomic E-state index is 0.276. The van der Waals surface area contributed by atoms with Gasteiger partial charge in [0.2, 0.25) is 0 Å². The van der Waals surface area contributed by atoms with E-state index in [1.54, 1.807) is 0 Å². The average molecular weight is 177 g/mol. The van der Waals surface area contributed by atoms with Crippen LogP contribution in [0.15, 0.2) is 24.3 Å². The molecule has 0 radical (unpaired) electrons. The third-order valence-corrected chi connectivity index (χ3v) is 2.55. The molecule has 1 aromatic rings. The van der Waals surface area contributed by atoms with Crippen molar-refractivity contribution in [3.8, 4) is 0 Å². The van der Waals surface area contributed by atoms with Gasteiger partial charge in [0.15, 0.2) is 0 Å². The number of nitrogens with zero attached hydrogens (tertiary/aromatic N) is 1. The van der Waals surface area contributed by atoms with Gasteiger partial charge in [0.1, 0.15) is 6.23 Å². The molecular weight excluding hydrogens is 162 g/mol. The minimum Gasteiger partial charge on any atom is -0.374 e. The zero-order valence-corrected chi connectivity index (χ0v) is 7.90. The first-order valence-corrected chi connectivity index (χ1v) is 4.79. The number of benzene rings is 1. The van der Waals surface area contributed by atoms with Gasteiger partial charge in [-0.2, -0.15) is 0 Å². The third kappa shape index (κ3) is 1.68. The molecule has 0 amide bonds. The van der Waals surface area contributed by atoms with Crippen LogP contribution in [0.1, 0.15) is 18.4 Å². The molecule has 2 nitrogen and oxygen atoms in total. The summed E-state index contributed by atoms with van der Waals surface area (Å²) in [6, 6.07) is 8.29. The van der Waals surface area contributed by atoms with Gasteiger partial charge in [-0.25, -0.2) is 0 Å². The molecule has 0 aromatic heterocycles. The Labute approximate surface area is 78.8 Å². The Kier molecular flexibility index (Phi) is 2.23.